The van der Waals surface area contributed by atoms with E-state index < -0.39 is 23.4 Å². The third kappa shape index (κ3) is 8.31. The van der Waals surface area contributed by atoms with Crippen molar-refractivity contribution in [3.05, 3.63) is 66.7 Å². The van der Waals surface area contributed by atoms with Crippen LogP contribution in [0.25, 0.3) is 0 Å². The highest BCUT2D eigenvalue weighted by Crippen LogP contribution is 2.27. The molecule has 2 heterocycles. The number of benzene rings is 1. The highest BCUT2D eigenvalue weighted by molar-refractivity contribution is 7.09. The van der Waals surface area contributed by atoms with E-state index in [2.05, 4.69) is 27.0 Å². The normalized spacial score (nSPS) is 12.5. The summed E-state index contributed by atoms with van der Waals surface area (Å²) < 4.78 is 49.2. The molecule has 3 aromatic rings. The lowest BCUT2D eigenvalue weighted by molar-refractivity contribution is -0.274. The zero-order valence-electron chi connectivity index (χ0n) is 21.8. The third-order valence-electron chi connectivity index (χ3n) is 5.33. The lowest BCUT2D eigenvalue weighted by atomic mass is 10.1. The van der Waals surface area contributed by atoms with E-state index in [0.717, 1.165) is 28.8 Å². The second kappa shape index (κ2) is 12.7. The van der Waals surface area contributed by atoms with Gasteiger partial charge in [-0.25, -0.2) is 9.78 Å². The van der Waals surface area contributed by atoms with Gasteiger partial charge in [0, 0.05) is 37.2 Å². The highest BCUT2D eigenvalue weighted by atomic mass is 32.1. The number of rotatable bonds is 6. The Kier molecular flexibility index (Phi) is 10.2. The molecule has 202 valence electrons. The zero-order valence-corrected chi connectivity index (χ0v) is 22.7. The van der Waals surface area contributed by atoms with Gasteiger partial charge in [0.25, 0.3) is 5.56 Å². The van der Waals surface area contributed by atoms with E-state index in [0.29, 0.717) is 6.42 Å². The molecule has 12 heteroatoms. The van der Waals surface area contributed by atoms with Crippen LogP contribution in [0.2, 0.25) is 0 Å². The van der Waals surface area contributed by atoms with Gasteiger partial charge >= 0.3 is 12.1 Å². The Bertz CT molecular complexity index is 1320. The van der Waals surface area contributed by atoms with Gasteiger partial charge in [-0.2, -0.15) is 4.99 Å². The van der Waals surface area contributed by atoms with Gasteiger partial charge in [0.15, 0.2) is 5.90 Å². The summed E-state index contributed by atoms with van der Waals surface area (Å²) in [5.74, 6) is -0.312. The van der Waals surface area contributed by atoms with E-state index in [1.165, 1.54) is 42.7 Å². The predicted molar refractivity (Wildman–Crippen MR) is 138 cm³/mol. The molecule has 0 aliphatic heterocycles. The summed E-state index contributed by atoms with van der Waals surface area (Å²) in [6, 6.07) is 5.04. The van der Waals surface area contributed by atoms with E-state index in [1.807, 2.05) is 20.8 Å². The Hall–Kier alpha value is -3.41. The molecule has 0 fully saturated rings. The van der Waals surface area contributed by atoms with E-state index in [1.54, 1.807) is 11.3 Å². The summed E-state index contributed by atoms with van der Waals surface area (Å²) >= 11 is 1.74. The van der Waals surface area contributed by atoms with Crippen LogP contribution < -0.4 is 20.7 Å². The van der Waals surface area contributed by atoms with E-state index in [4.69, 9.17) is 4.74 Å². The molecule has 0 N–H and O–H groups in total. The van der Waals surface area contributed by atoms with Gasteiger partial charge in [-0.3, -0.25) is 13.9 Å². The first-order valence-corrected chi connectivity index (χ1v) is 12.4. The summed E-state index contributed by atoms with van der Waals surface area (Å²) in [5.41, 5.74) is 0.347. The van der Waals surface area contributed by atoms with Crippen molar-refractivity contribution < 1.29 is 22.6 Å². The minimum atomic E-state index is -4.83. The number of thiazole rings is 1. The van der Waals surface area contributed by atoms with Gasteiger partial charge < -0.3 is 9.47 Å². The smallest absolute Gasteiger partial charge is 0.442 e. The maximum absolute atomic E-state index is 12.5. The summed E-state index contributed by atoms with van der Waals surface area (Å²) in [5, 5.41) is 3.32. The molecule has 2 aromatic heterocycles. The van der Waals surface area contributed by atoms with Crippen molar-refractivity contribution in [3.8, 4) is 11.5 Å². The molecule has 0 spiro atoms. The first-order valence-electron chi connectivity index (χ1n) is 11.6. The largest absolute Gasteiger partial charge is 0.573 e. The second-order valence-corrected chi connectivity index (χ2v) is 9.22. The van der Waals surface area contributed by atoms with E-state index >= 15 is 0 Å². The third-order valence-corrected chi connectivity index (χ3v) is 6.44. The molecule has 1 unspecified atom stereocenters. The minimum absolute atomic E-state index is 0.0808. The molecule has 0 saturated carbocycles. The lowest BCUT2D eigenvalue weighted by Crippen LogP contribution is -2.38. The van der Waals surface area contributed by atoms with Crippen molar-refractivity contribution in [2.75, 3.05) is 0 Å². The number of aromatic nitrogens is 3. The van der Waals surface area contributed by atoms with Crippen molar-refractivity contribution in [1.82, 2.24) is 14.1 Å². The Morgan fingerprint density at radius 2 is 1.78 bits per heavy atom. The molecule has 3 rings (SSSR count). The molecule has 1 aromatic carbocycles. The number of alkyl halides is 3. The minimum Gasteiger partial charge on any atom is -0.442 e. The molecule has 8 nitrogen and oxygen atoms in total. The topological polar surface area (TPSA) is 87.7 Å². The van der Waals surface area contributed by atoms with Crippen molar-refractivity contribution in [2.45, 2.75) is 53.8 Å². The van der Waals surface area contributed by atoms with Crippen LogP contribution in [0.15, 0.2) is 44.2 Å². The molecular weight excluding hydrogens is 509 g/mol. The van der Waals surface area contributed by atoms with Crippen LogP contribution in [0.5, 0.6) is 11.5 Å². The van der Waals surface area contributed by atoms with Gasteiger partial charge in [-0.15, -0.1) is 24.5 Å². The zero-order chi connectivity index (χ0) is 27.9. The van der Waals surface area contributed by atoms with Crippen LogP contribution in [-0.4, -0.2) is 26.4 Å². The fourth-order valence-electron chi connectivity index (χ4n) is 3.09. The number of hydrogen-bond donors (Lipinski definition) is 0. The Morgan fingerprint density at radius 1 is 1.14 bits per heavy atom. The maximum Gasteiger partial charge on any atom is 0.573 e. The second-order valence-electron chi connectivity index (χ2n) is 8.27. The summed E-state index contributed by atoms with van der Waals surface area (Å²) in [4.78, 5) is 33.1. The van der Waals surface area contributed by atoms with Gasteiger partial charge in [-0.05, 0) is 38.8 Å². The molecule has 0 aliphatic carbocycles. The number of nitrogens with zero attached hydrogens (tertiary/aromatic N) is 4. The molecule has 0 bridgehead atoms. The van der Waals surface area contributed by atoms with Crippen LogP contribution in [0.1, 0.15) is 43.5 Å². The number of aliphatic imine (C=N–C) groups is 1. The van der Waals surface area contributed by atoms with Gasteiger partial charge in [-0.1, -0.05) is 26.8 Å². The Labute approximate surface area is 217 Å². The molecule has 0 radical (unpaired) electrons. The summed E-state index contributed by atoms with van der Waals surface area (Å²) in [6.45, 7) is 9.37. The van der Waals surface area contributed by atoms with Crippen molar-refractivity contribution in [3.63, 3.8) is 0 Å². The molecule has 0 saturated heterocycles. The van der Waals surface area contributed by atoms with Gasteiger partial charge in [0.1, 0.15) is 17.3 Å². The average Bonchev–Trinajstić information content (AvgIpc) is 3.28. The molecule has 1 atom stereocenters. The van der Waals surface area contributed by atoms with Gasteiger partial charge in [0.2, 0.25) is 0 Å². The van der Waals surface area contributed by atoms with E-state index in [9.17, 15) is 22.8 Å². The quantitative estimate of drug-likeness (QED) is 0.306. The standard InChI is InChI=1S/C19H22F3N3O4.C6H9NS/c1-6-11(2)16(23-15-12(3)17(26)25(5)18(27)24(15)4)28-13-8-7-9-14(10-13)29-19(20,21)22;1-3-6-7-5(2)4-8-6/h7-11H,6H2,1-5H3;4H,3H2,1-2H3/b23-16+;. The van der Waals surface area contributed by atoms with Crippen LogP contribution in [-0.2, 0) is 20.5 Å². The highest BCUT2D eigenvalue weighted by Gasteiger charge is 2.31. The molecular formula is C25H31F3N4O4S. The van der Waals surface area contributed by atoms with Crippen LogP contribution >= 0.6 is 11.3 Å². The Balaban J connectivity index is 0.000000510. The monoisotopic (exact) mass is 540 g/mol. The van der Waals surface area contributed by atoms with Gasteiger partial charge in [0.05, 0.1) is 10.6 Å². The van der Waals surface area contributed by atoms with Crippen molar-refractivity contribution in [2.24, 2.45) is 25.0 Å². The molecule has 37 heavy (non-hydrogen) atoms. The number of hydrogen-bond acceptors (Lipinski definition) is 7. The molecule has 0 aliphatic rings. The van der Waals surface area contributed by atoms with Crippen molar-refractivity contribution in [1.29, 1.82) is 0 Å². The maximum atomic E-state index is 12.5. The number of halogens is 3. The van der Waals surface area contributed by atoms with E-state index in [-0.39, 0.29) is 28.9 Å². The number of ether oxygens (including phenoxy) is 2. The number of aryl methyl sites for hydroxylation is 2. The molecule has 0 amide bonds. The summed E-state index contributed by atoms with van der Waals surface area (Å²) in [6.07, 6.45) is -3.15. The van der Waals surface area contributed by atoms with Crippen LogP contribution in [0, 0.1) is 19.8 Å². The average molecular weight is 541 g/mol. The van der Waals surface area contributed by atoms with Crippen LogP contribution in [0.4, 0.5) is 19.0 Å². The first kappa shape index (κ1) is 29.8. The fourth-order valence-corrected chi connectivity index (χ4v) is 3.82. The fraction of sp³-hybridized carbons (Fsp3) is 0.440. The predicted octanol–water partition coefficient (Wildman–Crippen LogP) is 5.46. The SMILES string of the molecule is CCC(C)/C(=N\c1c(C)c(=O)n(C)c(=O)n1C)Oc1cccc(OC(F)(F)F)c1.CCc1nc(C)cs1. The first-order chi connectivity index (χ1) is 17.3. The van der Waals surface area contributed by atoms with Crippen LogP contribution in [0.3, 0.4) is 0 Å². The van der Waals surface area contributed by atoms with Crippen molar-refractivity contribution >= 4 is 23.1 Å². The Morgan fingerprint density at radius 3 is 2.30 bits per heavy atom. The summed E-state index contributed by atoms with van der Waals surface area (Å²) in [7, 11) is 2.84. The lowest BCUT2D eigenvalue weighted by Gasteiger charge is -2.17.